The molecule has 10 nitrogen and oxygen atoms in total. The number of aromatic nitrogens is 2. The fraction of sp³-hybridized carbons (Fsp3) is 0.317. The molecule has 3 heterocycles. The van der Waals surface area contributed by atoms with Crippen LogP contribution in [0.25, 0.3) is 16.5 Å². The number of carbonyl (C=O) groups is 2. The van der Waals surface area contributed by atoms with Gasteiger partial charge in [0.2, 0.25) is 14.3 Å². The molecule has 0 radical (unpaired) electrons. The van der Waals surface area contributed by atoms with E-state index in [1.165, 1.54) is 4.68 Å². The first-order valence-corrected chi connectivity index (χ1v) is 20.8. The van der Waals surface area contributed by atoms with Crippen molar-refractivity contribution < 1.29 is 28.3 Å². The minimum atomic E-state index is -3.55. The number of carbonyl (C=O) groups excluding carboxylic acids is 2. The molecule has 53 heavy (non-hydrogen) atoms. The third-order valence-corrected chi connectivity index (χ3v) is 13.2. The first-order chi connectivity index (χ1) is 25.5. The number of anilines is 1. The van der Waals surface area contributed by atoms with Crippen molar-refractivity contribution in [2.45, 2.75) is 56.8 Å². The van der Waals surface area contributed by atoms with Gasteiger partial charge in [0.15, 0.2) is 5.60 Å². The lowest BCUT2D eigenvalue weighted by Gasteiger charge is -2.31. The van der Waals surface area contributed by atoms with Gasteiger partial charge in [0.05, 0.1) is 55.7 Å². The van der Waals surface area contributed by atoms with Gasteiger partial charge in [-0.2, -0.15) is 9.78 Å². The Bertz CT molecular complexity index is 2210. The molecule has 12 heteroatoms. The summed E-state index contributed by atoms with van der Waals surface area (Å²) in [5, 5.41) is 15.5. The zero-order valence-electron chi connectivity index (χ0n) is 30.2. The maximum Gasteiger partial charge on any atom is 0.279 e. The van der Waals surface area contributed by atoms with E-state index in [4.69, 9.17) is 9.47 Å². The van der Waals surface area contributed by atoms with E-state index >= 15 is 4.11 Å². The highest BCUT2D eigenvalue weighted by Crippen LogP contribution is 2.60. The second kappa shape index (κ2) is 14.3. The van der Waals surface area contributed by atoms with Gasteiger partial charge in [-0.05, 0) is 60.6 Å². The number of nitrogens with zero attached hydrogens (tertiary/aromatic N) is 4. The van der Waals surface area contributed by atoms with Crippen LogP contribution >= 0.6 is 0 Å². The lowest BCUT2D eigenvalue weighted by atomic mass is 9.82. The van der Waals surface area contributed by atoms with Crippen LogP contribution in [-0.4, -0.2) is 66.4 Å². The van der Waals surface area contributed by atoms with Gasteiger partial charge >= 0.3 is 0 Å². The molecule has 7 rings (SSSR count). The second-order valence-corrected chi connectivity index (χ2v) is 18.2. The molecule has 0 unspecified atom stereocenters. The number of fused-ring (bicyclic) bond motifs is 3. The van der Waals surface area contributed by atoms with Crippen molar-refractivity contribution in [1.82, 2.24) is 14.7 Å². The third-order valence-electron chi connectivity index (χ3n) is 10.7. The normalized spacial score (nSPS) is 21.0. The van der Waals surface area contributed by atoms with Crippen LogP contribution in [-0.2, 0) is 33.0 Å². The molecular weight excluding hydrogens is 692 g/mol. The fourth-order valence-corrected chi connectivity index (χ4v) is 10.7. The van der Waals surface area contributed by atoms with Gasteiger partial charge in [0, 0.05) is 35.5 Å². The van der Waals surface area contributed by atoms with E-state index in [1.54, 1.807) is 66.5 Å². The molecular formula is C41H43FN4O6Si. The summed E-state index contributed by atoms with van der Waals surface area (Å²) in [4.78, 5) is 45.2. The predicted octanol–water partition coefficient (Wildman–Crippen LogP) is 6.13. The number of hydrogen-bond donors (Lipinski definition) is 1. The molecule has 4 atom stereocenters. The monoisotopic (exact) mass is 734 g/mol. The van der Waals surface area contributed by atoms with Gasteiger partial charge in [-0.25, -0.2) is 0 Å². The van der Waals surface area contributed by atoms with Crippen LogP contribution in [0.5, 0.6) is 5.75 Å². The van der Waals surface area contributed by atoms with E-state index in [0.29, 0.717) is 28.1 Å². The second-order valence-electron chi connectivity index (χ2n) is 14.4. The van der Waals surface area contributed by atoms with Gasteiger partial charge in [0.25, 0.3) is 11.5 Å². The van der Waals surface area contributed by atoms with Gasteiger partial charge in [0.1, 0.15) is 5.75 Å². The Kier molecular flexibility index (Phi) is 9.79. The van der Waals surface area contributed by atoms with Crippen molar-refractivity contribution in [2.24, 2.45) is 5.92 Å². The molecule has 2 amide bonds. The minimum Gasteiger partial charge on any atom is -0.497 e. The third kappa shape index (κ3) is 6.55. The van der Waals surface area contributed by atoms with Crippen LogP contribution in [0.2, 0.25) is 18.6 Å². The van der Waals surface area contributed by atoms with Crippen molar-refractivity contribution in [3.63, 3.8) is 0 Å². The minimum absolute atomic E-state index is 0.110. The van der Waals surface area contributed by atoms with Crippen molar-refractivity contribution in [1.29, 1.82) is 0 Å². The number of benzene rings is 4. The Balaban J connectivity index is 1.20. The maximum atomic E-state index is 16.5. The first-order valence-electron chi connectivity index (χ1n) is 17.8. The van der Waals surface area contributed by atoms with E-state index in [9.17, 15) is 19.5 Å². The van der Waals surface area contributed by atoms with Crippen molar-refractivity contribution >= 4 is 36.7 Å². The van der Waals surface area contributed by atoms with E-state index in [-0.39, 0.29) is 50.0 Å². The maximum absolute atomic E-state index is 16.5. The number of methoxy groups -OCH3 is 1. The number of aliphatic hydroxyl groups excluding tert-OH is 1. The van der Waals surface area contributed by atoms with Gasteiger partial charge in [-0.3, -0.25) is 14.4 Å². The molecule has 2 aliphatic rings. The number of aliphatic hydroxyl groups is 1. The summed E-state index contributed by atoms with van der Waals surface area (Å²) < 4.78 is 30.3. The average molecular weight is 735 g/mol. The summed E-state index contributed by atoms with van der Waals surface area (Å²) in [6.07, 6.45) is 0.640. The average Bonchev–Trinajstić information content (AvgIpc) is 3.58. The number of amides is 2. The smallest absolute Gasteiger partial charge is 0.279 e. The number of ether oxygens (including phenoxy) is 2. The summed E-state index contributed by atoms with van der Waals surface area (Å²) in [6, 6.07) is 29.4. The highest BCUT2D eigenvalue weighted by atomic mass is 28.4. The topological polar surface area (TPSA) is 114 Å². The number of hydrogen-bond acceptors (Lipinski definition) is 7. The molecule has 2 aliphatic heterocycles. The van der Waals surface area contributed by atoms with Crippen LogP contribution < -0.4 is 15.2 Å². The molecule has 274 valence electrons. The van der Waals surface area contributed by atoms with Crippen LogP contribution in [0.4, 0.5) is 9.80 Å². The van der Waals surface area contributed by atoms with Crippen molar-refractivity contribution in [3.8, 4) is 11.4 Å². The molecule has 0 aliphatic carbocycles. The Labute approximate surface area is 308 Å². The van der Waals surface area contributed by atoms with Crippen LogP contribution in [0.3, 0.4) is 0 Å². The van der Waals surface area contributed by atoms with E-state index in [0.717, 1.165) is 16.5 Å². The number of rotatable bonds is 11. The van der Waals surface area contributed by atoms with Crippen LogP contribution in [0.1, 0.15) is 30.0 Å². The Morgan fingerprint density at radius 3 is 2.42 bits per heavy atom. The van der Waals surface area contributed by atoms with Crippen molar-refractivity contribution in [3.05, 3.63) is 130 Å². The van der Waals surface area contributed by atoms with Crippen LogP contribution in [0, 0.1) is 5.92 Å². The lowest BCUT2D eigenvalue weighted by molar-refractivity contribution is -0.150. The van der Waals surface area contributed by atoms with E-state index in [1.807, 2.05) is 73.7 Å². The van der Waals surface area contributed by atoms with Crippen LogP contribution in [0.15, 0.2) is 108 Å². The predicted molar refractivity (Wildman–Crippen MR) is 203 cm³/mol. The highest BCUT2D eigenvalue weighted by Gasteiger charge is 2.67. The molecule has 5 aromatic rings. The molecule has 1 spiro atoms. The molecule has 1 fully saturated rings. The molecule has 1 aromatic heterocycles. The summed E-state index contributed by atoms with van der Waals surface area (Å²) in [6.45, 7) is 5.41. The summed E-state index contributed by atoms with van der Waals surface area (Å²) in [7, 11) is -2.00. The summed E-state index contributed by atoms with van der Waals surface area (Å²) in [5.41, 5.74) is 1.00. The molecule has 4 aromatic carbocycles. The quantitative estimate of drug-likeness (QED) is 0.128. The molecule has 0 saturated carbocycles. The standard InChI is InChI=1S/C41H43FN4O6Si/c1-27-38(53(3,4)42)36(23-37(48)44(20-21-47)25-28-10-6-5-7-11-28)52-41(27)34-22-32(51-2)18-19-35(34)45(40(41)50)26-29-14-16-31(17-15-29)46-39(49)33-13-9-8-12-30(33)24-43-46/h5-19,22,24,27,36,38,47H,20-21,23,25-26H2,1-4H3/t27-,36+,38-,41+/m1/s1. The highest BCUT2D eigenvalue weighted by molar-refractivity contribution is 6.72. The Morgan fingerprint density at radius 1 is 1.00 bits per heavy atom. The number of halogens is 1. The fourth-order valence-electron chi connectivity index (χ4n) is 8.23. The summed E-state index contributed by atoms with van der Waals surface area (Å²) in [5.74, 6) is -0.701. The summed E-state index contributed by atoms with van der Waals surface area (Å²) >= 11 is 0. The molecule has 0 bridgehead atoms. The van der Waals surface area contributed by atoms with Gasteiger partial charge in [-0.1, -0.05) is 67.6 Å². The Hall–Kier alpha value is -5.17. The Morgan fingerprint density at radius 2 is 1.72 bits per heavy atom. The SMILES string of the molecule is COc1ccc2c(c1)[C@]1(O[C@@H](CC(=O)N(CCO)Cc3ccccc3)[C@H]([Si](C)(C)F)[C@H]1C)C(=O)N2Cc1ccc(-n2ncc3ccccc3c2=O)cc1. The van der Waals surface area contributed by atoms with Gasteiger partial charge < -0.3 is 28.5 Å². The first kappa shape index (κ1) is 36.2. The van der Waals surface area contributed by atoms with E-state index in [2.05, 4.69) is 5.10 Å². The van der Waals surface area contributed by atoms with Gasteiger partial charge in [-0.15, -0.1) is 0 Å². The molecule has 1 saturated heterocycles. The molecule has 1 N–H and O–H groups in total. The lowest BCUT2D eigenvalue weighted by Crippen LogP contribution is -2.45. The van der Waals surface area contributed by atoms with Crippen molar-refractivity contribution in [2.75, 3.05) is 25.2 Å². The zero-order valence-corrected chi connectivity index (χ0v) is 31.2. The zero-order chi connectivity index (χ0) is 37.5. The van der Waals surface area contributed by atoms with E-state index < -0.39 is 31.6 Å². The largest absolute Gasteiger partial charge is 0.497 e.